The Morgan fingerprint density at radius 2 is 2.07 bits per heavy atom. The van der Waals surface area contributed by atoms with Crippen LogP contribution in [-0.4, -0.2) is 37.1 Å². The number of nitrogens with one attached hydrogen (secondary N) is 1. The van der Waals surface area contributed by atoms with Crippen LogP contribution in [0, 0.1) is 5.92 Å². The highest BCUT2D eigenvalue weighted by atomic mass is 15.2. The lowest BCUT2D eigenvalue weighted by Gasteiger charge is -2.44. The van der Waals surface area contributed by atoms with Crippen LogP contribution in [0.5, 0.6) is 0 Å². The number of rotatable bonds is 6. The topological polar surface area (TPSA) is 15.3 Å². The molecule has 0 saturated heterocycles. The molecule has 2 nitrogen and oxygen atoms in total. The molecule has 0 heterocycles. The minimum atomic E-state index is 0.689. The van der Waals surface area contributed by atoms with Crippen molar-refractivity contribution < 1.29 is 0 Å². The molecular weight excluding hydrogens is 172 g/mol. The molecule has 1 fully saturated rings. The predicted molar refractivity (Wildman–Crippen MR) is 62.6 cm³/mol. The summed E-state index contributed by atoms with van der Waals surface area (Å²) in [4.78, 5) is 2.53. The SMILES string of the molecule is CCCNCC1CCC1N(C)C(C)C. The van der Waals surface area contributed by atoms with Gasteiger partial charge in [0.1, 0.15) is 0 Å². The summed E-state index contributed by atoms with van der Waals surface area (Å²) in [6.07, 6.45) is 4.06. The molecule has 0 aromatic rings. The second-order valence-electron chi connectivity index (χ2n) is 4.87. The van der Waals surface area contributed by atoms with Crippen LogP contribution in [0.2, 0.25) is 0 Å². The summed E-state index contributed by atoms with van der Waals surface area (Å²) in [6, 6.07) is 1.52. The Balaban J connectivity index is 2.21. The van der Waals surface area contributed by atoms with Crippen molar-refractivity contribution in [2.45, 2.75) is 52.1 Å². The molecule has 14 heavy (non-hydrogen) atoms. The number of nitrogens with zero attached hydrogens (tertiary/aromatic N) is 1. The first-order valence-electron chi connectivity index (χ1n) is 6.09. The third-order valence-electron chi connectivity index (χ3n) is 3.55. The Kier molecular flexibility index (Phi) is 4.90. The fourth-order valence-corrected chi connectivity index (χ4v) is 2.17. The maximum absolute atomic E-state index is 3.53. The third-order valence-corrected chi connectivity index (χ3v) is 3.55. The van der Waals surface area contributed by atoms with Crippen LogP contribution in [-0.2, 0) is 0 Å². The summed E-state index contributed by atoms with van der Waals surface area (Å²) in [7, 11) is 2.27. The van der Waals surface area contributed by atoms with Crippen molar-refractivity contribution in [2.75, 3.05) is 20.1 Å². The summed E-state index contributed by atoms with van der Waals surface area (Å²) in [6.45, 7) is 9.19. The molecule has 2 unspecified atom stereocenters. The van der Waals surface area contributed by atoms with Gasteiger partial charge in [0, 0.05) is 12.1 Å². The number of hydrogen-bond acceptors (Lipinski definition) is 2. The fraction of sp³-hybridized carbons (Fsp3) is 1.00. The van der Waals surface area contributed by atoms with Crippen LogP contribution in [0.3, 0.4) is 0 Å². The predicted octanol–water partition coefficient (Wildman–Crippen LogP) is 2.10. The maximum Gasteiger partial charge on any atom is 0.0135 e. The van der Waals surface area contributed by atoms with E-state index in [0.717, 1.165) is 12.0 Å². The molecule has 84 valence electrons. The lowest BCUT2D eigenvalue weighted by Crippen LogP contribution is -2.51. The molecule has 1 aliphatic rings. The van der Waals surface area contributed by atoms with Gasteiger partial charge in [-0.25, -0.2) is 0 Å². The van der Waals surface area contributed by atoms with E-state index in [1.807, 2.05) is 0 Å². The third kappa shape index (κ3) is 2.96. The van der Waals surface area contributed by atoms with E-state index in [9.17, 15) is 0 Å². The van der Waals surface area contributed by atoms with Gasteiger partial charge in [0.2, 0.25) is 0 Å². The van der Waals surface area contributed by atoms with E-state index < -0.39 is 0 Å². The Morgan fingerprint density at radius 1 is 1.36 bits per heavy atom. The lowest BCUT2D eigenvalue weighted by atomic mass is 9.78. The van der Waals surface area contributed by atoms with E-state index in [1.54, 1.807) is 0 Å². The van der Waals surface area contributed by atoms with Gasteiger partial charge in [-0.15, -0.1) is 0 Å². The molecule has 1 aliphatic carbocycles. The summed E-state index contributed by atoms with van der Waals surface area (Å²) in [5, 5.41) is 3.53. The van der Waals surface area contributed by atoms with E-state index in [4.69, 9.17) is 0 Å². The van der Waals surface area contributed by atoms with E-state index in [2.05, 4.69) is 38.0 Å². The van der Waals surface area contributed by atoms with E-state index in [0.29, 0.717) is 6.04 Å². The largest absolute Gasteiger partial charge is 0.316 e. The molecule has 0 amide bonds. The van der Waals surface area contributed by atoms with E-state index >= 15 is 0 Å². The quantitative estimate of drug-likeness (QED) is 0.658. The minimum absolute atomic E-state index is 0.689. The molecule has 1 N–H and O–H groups in total. The summed E-state index contributed by atoms with van der Waals surface area (Å²) < 4.78 is 0. The van der Waals surface area contributed by atoms with Crippen LogP contribution in [0.1, 0.15) is 40.0 Å². The zero-order valence-corrected chi connectivity index (χ0v) is 10.2. The average Bonchev–Trinajstić information content (AvgIpc) is 2.10. The normalized spacial score (nSPS) is 27.0. The zero-order chi connectivity index (χ0) is 10.6. The van der Waals surface area contributed by atoms with Gasteiger partial charge in [-0.2, -0.15) is 0 Å². The smallest absolute Gasteiger partial charge is 0.0135 e. The van der Waals surface area contributed by atoms with Crippen LogP contribution >= 0.6 is 0 Å². The monoisotopic (exact) mass is 198 g/mol. The van der Waals surface area contributed by atoms with Crippen LogP contribution in [0.25, 0.3) is 0 Å². The molecule has 0 bridgehead atoms. The molecule has 1 saturated carbocycles. The van der Waals surface area contributed by atoms with Gasteiger partial charge < -0.3 is 10.2 Å². The molecule has 0 aliphatic heterocycles. The first-order valence-corrected chi connectivity index (χ1v) is 6.09. The van der Waals surface area contributed by atoms with Gasteiger partial charge in [0.25, 0.3) is 0 Å². The molecular formula is C12H26N2. The minimum Gasteiger partial charge on any atom is -0.316 e. The van der Waals surface area contributed by atoms with Crippen LogP contribution in [0.15, 0.2) is 0 Å². The van der Waals surface area contributed by atoms with Crippen molar-refractivity contribution in [3.05, 3.63) is 0 Å². The zero-order valence-electron chi connectivity index (χ0n) is 10.2. The number of hydrogen-bond donors (Lipinski definition) is 1. The highest BCUT2D eigenvalue weighted by molar-refractivity contribution is 4.89. The highest BCUT2D eigenvalue weighted by Gasteiger charge is 2.33. The second kappa shape index (κ2) is 5.72. The Morgan fingerprint density at radius 3 is 2.50 bits per heavy atom. The first-order chi connectivity index (χ1) is 6.66. The van der Waals surface area contributed by atoms with Crippen molar-refractivity contribution in [2.24, 2.45) is 5.92 Å². The summed E-state index contributed by atoms with van der Waals surface area (Å²) in [5.74, 6) is 0.897. The van der Waals surface area contributed by atoms with Crippen molar-refractivity contribution in [1.82, 2.24) is 10.2 Å². The standard InChI is InChI=1S/C12H26N2/c1-5-8-13-9-11-6-7-12(11)14(4)10(2)3/h10-13H,5-9H2,1-4H3. The van der Waals surface area contributed by atoms with Crippen molar-refractivity contribution in [3.63, 3.8) is 0 Å². The lowest BCUT2D eigenvalue weighted by molar-refractivity contribution is 0.0610. The Bertz CT molecular complexity index is 156. The summed E-state index contributed by atoms with van der Waals surface area (Å²) >= 11 is 0. The molecule has 0 aromatic carbocycles. The van der Waals surface area contributed by atoms with Crippen LogP contribution < -0.4 is 5.32 Å². The maximum atomic E-state index is 3.53. The van der Waals surface area contributed by atoms with Crippen molar-refractivity contribution in [1.29, 1.82) is 0 Å². The first kappa shape index (κ1) is 12.0. The molecule has 2 heteroatoms. The summed E-state index contributed by atoms with van der Waals surface area (Å²) in [5.41, 5.74) is 0. The molecule has 0 radical (unpaired) electrons. The van der Waals surface area contributed by atoms with Gasteiger partial charge >= 0.3 is 0 Å². The van der Waals surface area contributed by atoms with Gasteiger partial charge in [-0.3, -0.25) is 0 Å². The van der Waals surface area contributed by atoms with Gasteiger partial charge in [-0.05, 0) is 59.2 Å². The Hall–Kier alpha value is -0.0800. The Labute approximate surface area is 89.1 Å². The molecule has 1 rings (SSSR count). The van der Waals surface area contributed by atoms with Crippen molar-refractivity contribution >= 4 is 0 Å². The van der Waals surface area contributed by atoms with E-state index in [1.165, 1.54) is 32.4 Å². The second-order valence-corrected chi connectivity index (χ2v) is 4.87. The van der Waals surface area contributed by atoms with Gasteiger partial charge in [-0.1, -0.05) is 6.92 Å². The highest BCUT2D eigenvalue weighted by Crippen LogP contribution is 2.31. The van der Waals surface area contributed by atoms with Gasteiger partial charge in [0.15, 0.2) is 0 Å². The van der Waals surface area contributed by atoms with Gasteiger partial charge in [0.05, 0.1) is 0 Å². The van der Waals surface area contributed by atoms with Crippen LogP contribution in [0.4, 0.5) is 0 Å². The van der Waals surface area contributed by atoms with E-state index in [-0.39, 0.29) is 0 Å². The fourth-order valence-electron chi connectivity index (χ4n) is 2.17. The molecule has 2 atom stereocenters. The molecule has 0 aromatic heterocycles. The molecule has 0 spiro atoms. The average molecular weight is 198 g/mol. The van der Waals surface area contributed by atoms with Crippen molar-refractivity contribution in [3.8, 4) is 0 Å².